The fourth-order valence-electron chi connectivity index (χ4n) is 1.47. The molecule has 74 valence electrons. The summed E-state index contributed by atoms with van der Waals surface area (Å²) in [6, 6.07) is 0.503. The van der Waals surface area contributed by atoms with Crippen molar-refractivity contribution in [3.63, 3.8) is 0 Å². The van der Waals surface area contributed by atoms with E-state index in [1.807, 2.05) is 0 Å². The maximum atomic E-state index is 4.49. The topological polar surface area (TPSA) is 21.1 Å². The highest BCUT2D eigenvalue weighted by Crippen LogP contribution is 2.10. The SMILES string of the molecule is Cc1nc(CN(C)C)cn1C(C)C. The lowest BCUT2D eigenvalue weighted by Gasteiger charge is -2.08. The molecule has 0 fully saturated rings. The van der Waals surface area contributed by atoms with Crippen molar-refractivity contribution in [1.82, 2.24) is 14.5 Å². The fourth-order valence-corrected chi connectivity index (χ4v) is 1.47. The van der Waals surface area contributed by atoms with Crippen LogP contribution in [-0.2, 0) is 6.54 Å². The summed E-state index contributed by atoms with van der Waals surface area (Å²) in [5.41, 5.74) is 1.15. The van der Waals surface area contributed by atoms with Gasteiger partial charge in [0.2, 0.25) is 0 Å². The molecular formula is C10H19N3. The molecule has 0 radical (unpaired) electrons. The molecule has 0 amide bonds. The molecule has 0 N–H and O–H groups in total. The number of hydrogen-bond donors (Lipinski definition) is 0. The maximum absolute atomic E-state index is 4.49. The van der Waals surface area contributed by atoms with Crippen molar-refractivity contribution in [2.24, 2.45) is 0 Å². The highest BCUT2D eigenvalue weighted by molar-refractivity contribution is 5.03. The molecule has 1 aromatic heterocycles. The van der Waals surface area contributed by atoms with Gasteiger partial charge in [-0.25, -0.2) is 4.98 Å². The lowest BCUT2D eigenvalue weighted by Crippen LogP contribution is -2.10. The molecule has 0 aliphatic heterocycles. The highest BCUT2D eigenvalue weighted by atomic mass is 15.1. The van der Waals surface area contributed by atoms with Crippen LogP contribution in [-0.4, -0.2) is 28.5 Å². The zero-order valence-electron chi connectivity index (χ0n) is 9.20. The summed E-state index contributed by atoms with van der Waals surface area (Å²) in [5.74, 6) is 1.10. The van der Waals surface area contributed by atoms with E-state index in [0.29, 0.717) is 6.04 Å². The van der Waals surface area contributed by atoms with Gasteiger partial charge in [0, 0.05) is 18.8 Å². The lowest BCUT2D eigenvalue weighted by molar-refractivity contribution is 0.397. The number of rotatable bonds is 3. The second-order valence-corrected chi connectivity index (χ2v) is 4.02. The van der Waals surface area contributed by atoms with Gasteiger partial charge in [0.15, 0.2) is 0 Å². The molecule has 13 heavy (non-hydrogen) atoms. The Balaban J connectivity index is 2.82. The van der Waals surface area contributed by atoms with Crippen molar-refractivity contribution in [2.45, 2.75) is 33.4 Å². The van der Waals surface area contributed by atoms with Gasteiger partial charge in [-0.05, 0) is 34.9 Å². The Kier molecular flexibility index (Phi) is 3.09. The van der Waals surface area contributed by atoms with Gasteiger partial charge in [-0.2, -0.15) is 0 Å². The molecule has 1 heterocycles. The summed E-state index contributed by atoms with van der Waals surface area (Å²) >= 11 is 0. The zero-order valence-corrected chi connectivity index (χ0v) is 9.20. The van der Waals surface area contributed by atoms with Crippen LogP contribution in [0.3, 0.4) is 0 Å². The van der Waals surface area contributed by atoms with Crippen molar-refractivity contribution in [3.8, 4) is 0 Å². The second-order valence-electron chi connectivity index (χ2n) is 4.02. The van der Waals surface area contributed by atoms with E-state index in [1.54, 1.807) is 0 Å². The van der Waals surface area contributed by atoms with Crippen LogP contribution in [0.1, 0.15) is 31.4 Å². The maximum Gasteiger partial charge on any atom is 0.106 e. The van der Waals surface area contributed by atoms with Crippen molar-refractivity contribution < 1.29 is 0 Å². The van der Waals surface area contributed by atoms with Gasteiger partial charge < -0.3 is 9.47 Å². The molecule has 3 heteroatoms. The van der Waals surface area contributed by atoms with Gasteiger partial charge in [0.05, 0.1) is 5.69 Å². The molecule has 0 atom stereocenters. The molecule has 0 aromatic carbocycles. The number of nitrogens with zero attached hydrogens (tertiary/aromatic N) is 3. The van der Waals surface area contributed by atoms with Gasteiger partial charge in [-0.15, -0.1) is 0 Å². The van der Waals surface area contributed by atoms with Gasteiger partial charge >= 0.3 is 0 Å². The quantitative estimate of drug-likeness (QED) is 0.709. The van der Waals surface area contributed by atoms with Crippen LogP contribution < -0.4 is 0 Å². The summed E-state index contributed by atoms with van der Waals surface area (Å²) in [6.07, 6.45) is 2.14. The van der Waals surface area contributed by atoms with Crippen LogP contribution in [0.4, 0.5) is 0 Å². The minimum atomic E-state index is 0.503. The first kappa shape index (κ1) is 10.3. The van der Waals surface area contributed by atoms with E-state index >= 15 is 0 Å². The minimum Gasteiger partial charge on any atom is -0.332 e. The summed E-state index contributed by atoms with van der Waals surface area (Å²) in [6.45, 7) is 7.32. The second kappa shape index (κ2) is 3.92. The minimum absolute atomic E-state index is 0.503. The van der Waals surface area contributed by atoms with E-state index < -0.39 is 0 Å². The molecule has 3 nitrogen and oxygen atoms in total. The van der Waals surface area contributed by atoms with Gasteiger partial charge in [-0.1, -0.05) is 0 Å². The van der Waals surface area contributed by atoms with Crippen molar-refractivity contribution in [2.75, 3.05) is 14.1 Å². The average Bonchev–Trinajstić information content (AvgIpc) is 2.29. The van der Waals surface area contributed by atoms with Gasteiger partial charge in [0.1, 0.15) is 5.82 Å². The van der Waals surface area contributed by atoms with Gasteiger partial charge in [0.25, 0.3) is 0 Å². The monoisotopic (exact) mass is 181 g/mol. The summed E-state index contributed by atoms with van der Waals surface area (Å²) in [5, 5.41) is 0. The van der Waals surface area contributed by atoms with Crippen LogP contribution in [0.15, 0.2) is 6.20 Å². The number of hydrogen-bond acceptors (Lipinski definition) is 2. The lowest BCUT2D eigenvalue weighted by atomic mass is 10.4. The standard InChI is InChI=1S/C10H19N3/c1-8(2)13-7-10(6-12(4)5)11-9(13)3/h7-8H,6H2,1-5H3. The third-order valence-corrected chi connectivity index (χ3v) is 2.00. The smallest absolute Gasteiger partial charge is 0.106 e. The van der Waals surface area contributed by atoms with Crippen molar-refractivity contribution in [1.29, 1.82) is 0 Å². The Hall–Kier alpha value is -0.830. The van der Waals surface area contributed by atoms with Crippen LogP contribution in [0.2, 0.25) is 0 Å². The normalized spacial score (nSPS) is 11.6. The van der Waals surface area contributed by atoms with Crippen molar-refractivity contribution in [3.05, 3.63) is 17.7 Å². The summed E-state index contributed by atoms with van der Waals surface area (Å²) in [4.78, 5) is 6.62. The molecular weight excluding hydrogens is 162 g/mol. The Morgan fingerprint density at radius 3 is 2.46 bits per heavy atom. The Morgan fingerprint density at radius 2 is 2.08 bits per heavy atom. The van der Waals surface area contributed by atoms with E-state index in [0.717, 1.165) is 18.1 Å². The highest BCUT2D eigenvalue weighted by Gasteiger charge is 2.06. The predicted molar refractivity (Wildman–Crippen MR) is 54.7 cm³/mol. The summed E-state index contributed by atoms with van der Waals surface area (Å²) in [7, 11) is 4.12. The Morgan fingerprint density at radius 1 is 1.46 bits per heavy atom. The predicted octanol–water partition coefficient (Wildman–Crippen LogP) is 1.83. The van der Waals surface area contributed by atoms with Crippen LogP contribution in [0.5, 0.6) is 0 Å². The number of aromatic nitrogens is 2. The molecule has 0 bridgehead atoms. The molecule has 0 saturated carbocycles. The first-order chi connectivity index (χ1) is 6.00. The van der Waals surface area contributed by atoms with E-state index in [9.17, 15) is 0 Å². The van der Waals surface area contributed by atoms with Crippen LogP contribution >= 0.6 is 0 Å². The molecule has 0 aliphatic rings. The third kappa shape index (κ3) is 2.56. The molecule has 0 saturated heterocycles. The zero-order chi connectivity index (χ0) is 10.0. The molecule has 0 unspecified atom stereocenters. The first-order valence-corrected chi connectivity index (χ1v) is 4.69. The van der Waals surface area contributed by atoms with E-state index in [1.165, 1.54) is 0 Å². The first-order valence-electron chi connectivity index (χ1n) is 4.69. The fraction of sp³-hybridized carbons (Fsp3) is 0.700. The molecule has 1 aromatic rings. The van der Waals surface area contributed by atoms with E-state index in [-0.39, 0.29) is 0 Å². The molecule has 1 rings (SSSR count). The van der Waals surface area contributed by atoms with E-state index in [4.69, 9.17) is 0 Å². The Bertz CT molecular complexity index is 274. The molecule has 0 spiro atoms. The summed E-state index contributed by atoms with van der Waals surface area (Å²) < 4.78 is 2.21. The Labute approximate surface area is 80.4 Å². The average molecular weight is 181 g/mol. The van der Waals surface area contributed by atoms with Crippen LogP contribution in [0, 0.1) is 6.92 Å². The van der Waals surface area contributed by atoms with Gasteiger partial charge in [-0.3, -0.25) is 0 Å². The third-order valence-electron chi connectivity index (χ3n) is 2.00. The van der Waals surface area contributed by atoms with Crippen LogP contribution in [0.25, 0.3) is 0 Å². The van der Waals surface area contributed by atoms with Crippen molar-refractivity contribution >= 4 is 0 Å². The molecule has 0 aliphatic carbocycles. The number of imidazole rings is 1. The largest absolute Gasteiger partial charge is 0.332 e. The number of aryl methyl sites for hydroxylation is 1. The van der Waals surface area contributed by atoms with E-state index in [2.05, 4.69) is 55.5 Å².